The normalized spacial score (nSPS) is 20.2. The van der Waals surface area contributed by atoms with Crippen LogP contribution in [0.3, 0.4) is 0 Å². The van der Waals surface area contributed by atoms with Crippen LogP contribution in [0.2, 0.25) is 0 Å². The lowest BCUT2D eigenvalue weighted by Gasteiger charge is -2.32. The molecule has 2 aromatic rings. The van der Waals surface area contributed by atoms with Gasteiger partial charge in [-0.05, 0) is 24.5 Å². The maximum atomic E-state index is 13.0. The lowest BCUT2D eigenvalue weighted by molar-refractivity contribution is -0.133. The molecule has 1 fully saturated rings. The van der Waals surface area contributed by atoms with Gasteiger partial charge in [-0.3, -0.25) is 14.5 Å². The Hall–Kier alpha value is -2.63. The van der Waals surface area contributed by atoms with Crippen LogP contribution in [0.25, 0.3) is 0 Å². The van der Waals surface area contributed by atoms with Gasteiger partial charge in [-0.25, -0.2) is 4.79 Å². The van der Waals surface area contributed by atoms with Crippen molar-refractivity contribution >= 4 is 24.3 Å². The molecule has 4 rings (SSSR count). The third kappa shape index (κ3) is 3.24. The van der Waals surface area contributed by atoms with E-state index < -0.39 is 18.1 Å². The molecule has 0 saturated carbocycles. The number of aryl methyl sites for hydroxylation is 3. The first-order valence-corrected chi connectivity index (χ1v) is 9.87. The fraction of sp³-hybridized carbons (Fsp3) is 0.444. The van der Waals surface area contributed by atoms with Crippen molar-refractivity contribution < 1.29 is 18.4 Å². The summed E-state index contributed by atoms with van der Waals surface area (Å²) in [7, 11) is 5.10. The van der Waals surface area contributed by atoms with E-state index in [0.717, 1.165) is 28.3 Å². The zero-order valence-corrected chi connectivity index (χ0v) is 17.2. The van der Waals surface area contributed by atoms with E-state index in [2.05, 4.69) is 10.1 Å². The summed E-state index contributed by atoms with van der Waals surface area (Å²) in [6, 6.07) is 2.20. The number of pyridine rings is 1. The van der Waals surface area contributed by atoms with Gasteiger partial charge in [0.05, 0.1) is 17.9 Å². The monoisotopic (exact) mass is 418 g/mol. The second-order valence-electron chi connectivity index (χ2n) is 7.29. The van der Waals surface area contributed by atoms with Gasteiger partial charge in [0.15, 0.2) is 18.4 Å². The van der Waals surface area contributed by atoms with E-state index in [0.29, 0.717) is 18.7 Å². The van der Waals surface area contributed by atoms with Crippen molar-refractivity contribution in [1.82, 2.24) is 29.6 Å². The molecular formula is C18H22N6O4S. The highest BCUT2D eigenvalue weighted by Crippen LogP contribution is 2.46. The summed E-state index contributed by atoms with van der Waals surface area (Å²) >= 11 is 0.113. The van der Waals surface area contributed by atoms with Gasteiger partial charge in [-0.2, -0.15) is 14.4 Å². The number of urea groups is 1. The molecule has 0 spiro atoms. The molecule has 0 aromatic carbocycles. The Morgan fingerprint density at radius 1 is 1.41 bits per heavy atom. The zero-order chi connectivity index (χ0) is 20.7. The van der Waals surface area contributed by atoms with Crippen LogP contribution in [0.15, 0.2) is 24.5 Å². The largest absolute Gasteiger partial charge is 0.347 e. The van der Waals surface area contributed by atoms with E-state index in [4.69, 9.17) is 4.28 Å². The standard InChI is InChI=1S/C18H22N6O4S/c1-21(2)17(25)16-15-14(13-10-23(16)18(26)24(13)28-29-27)12(20-22(15)3)7-6-11-5-4-8-19-9-11/h4-5,8-9,13,16,27H,6-7,10H2,1-3H3. The minimum atomic E-state index is -0.786. The van der Waals surface area contributed by atoms with Crippen LogP contribution in [-0.4, -0.2) is 66.8 Å². The van der Waals surface area contributed by atoms with Gasteiger partial charge in [-0.15, -0.1) is 0 Å². The van der Waals surface area contributed by atoms with E-state index in [-0.39, 0.29) is 18.2 Å². The zero-order valence-electron chi connectivity index (χ0n) is 16.3. The quantitative estimate of drug-likeness (QED) is 0.710. The number of aromatic nitrogens is 3. The van der Waals surface area contributed by atoms with Crippen LogP contribution in [0, 0.1) is 0 Å². The van der Waals surface area contributed by atoms with Crippen molar-refractivity contribution in [3.8, 4) is 0 Å². The Balaban J connectivity index is 1.76. The number of carbonyl (C=O) groups excluding carboxylic acids is 2. The summed E-state index contributed by atoms with van der Waals surface area (Å²) in [4.78, 5) is 32.9. The second kappa shape index (κ2) is 7.65. The summed E-state index contributed by atoms with van der Waals surface area (Å²) in [5, 5.41) is 5.80. The van der Waals surface area contributed by atoms with Crippen LogP contribution < -0.4 is 0 Å². The Labute approximate surface area is 172 Å². The fourth-order valence-electron chi connectivity index (χ4n) is 4.08. The molecule has 2 bridgehead atoms. The molecule has 4 heterocycles. The molecule has 1 saturated heterocycles. The lowest BCUT2D eigenvalue weighted by atomic mass is 9.93. The smallest absolute Gasteiger partial charge is 0.346 e. The molecule has 10 nitrogen and oxygen atoms in total. The highest BCUT2D eigenvalue weighted by Gasteiger charge is 2.54. The number of hydrogen-bond donors (Lipinski definition) is 1. The molecule has 29 heavy (non-hydrogen) atoms. The predicted octanol–water partition coefficient (Wildman–Crippen LogP) is 1.57. The summed E-state index contributed by atoms with van der Waals surface area (Å²) in [5.74, 6) is -0.210. The third-order valence-corrected chi connectivity index (χ3v) is 5.59. The number of amides is 3. The SMILES string of the molecule is CN(C)C(=O)C1c2c(c(CCc3cccnc3)nn2C)C2CN1C(=O)N2OSO. The summed E-state index contributed by atoms with van der Waals surface area (Å²) in [5.41, 5.74) is 3.38. The number of rotatable bonds is 6. The van der Waals surface area contributed by atoms with Crippen molar-refractivity contribution in [2.24, 2.45) is 7.05 Å². The van der Waals surface area contributed by atoms with Crippen LogP contribution >= 0.6 is 12.3 Å². The lowest BCUT2D eigenvalue weighted by Crippen LogP contribution is -2.43. The van der Waals surface area contributed by atoms with Gasteiger partial charge in [0, 0.05) is 39.1 Å². The van der Waals surface area contributed by atoms with Gasteiger partial charge in [0.1, 0.15) is 6.04 Å². The van der Waals surface area contributed by atoms with Crippen molar-refractivity contribution in [3.05, 3.63) is 47.0 Å². The highest BCUT2D eigenvalue weighted by molar-refractivity contribution is 7.88. The van der Waals surface area contributed by atoms with Crippen LogP contribution in [0.5, 0.6) is 0 Å². The molecule has 2 aliphatic heterocycles. The predicted molar refractivity (Wildman–Crippen MR) is 104 cm³/mol. The highest BCUT2D eigenvalue weighted by atomic mass is 32.2. The molecule has 2 aliphatic rings. The number of hydrogen-bond acceptors (Lipinski definition) is 7. The van der Waals surface area contributed by atoms with Crippen molar-refractivity contribution in [3.63, 3.8) is 0 Å². The molecule has 3 amide bonds. The number of fused-ring (bicyclic) bond motifs is 4. The number of hydroxylamine groups is 2. The number of likely N-dealkylation sites (N-methyl/N-ethyl adjacent to an activating group) is 1. The Bertz CT molecular complexity index is 934. The Kier molecular flexibility index (Phi) is 5.19. The minimum absolute atomic E-state index is 0.113. The molecule has 11 heteroatoms. The molecule has 2 atom stereocenters. The first-order chi connectivity index (χ1) is 13.9. The van der Waals surface area contributed by atoms with Crippen molar-refractivity contribution in [2.75, 3.05) is 20.6 Å². The van der Waals surface area contributed by atoms with E-state index in [9.17, 15) is 14.1 Å². The van der Waals surface area contributed by atoms with E-state index in [1.807, 2.05) is 18.3 Å². The van der Waals surface area contributed by atoms with Crippen molar-refractivity contribution in [2.45, 2.75) is 24.9 Å². The average molecular weight is 418 g/mol. The average Bonchev–Trinajstić information content (AvgIpc) is 3.18. The van der Waals surface area contributed by atoms with Gasteiger partial charge >= 0.3 is 6.03 Å². The van der Waals surface area contributed by atoms with Crippen molar-refractivity contribution in [1.29, 1.82) is 0 Å². The first kappa shape index (κ1) is 19.7. The Morgan fingerprint density at radius 3 is 2.86 bits per heavy atom. The summed E-state index contributed by atoms with van der Waals surface area (Å²) < 4.78 is 16.0. The topological polar surface area (TPSA) is 104 Å². The van der Waals surface area contributed by atoms with E-state index in [1.165, 1.54) is 9.80 Å². The summed E-state index contributed by atoms with van der Waals surface area (Å²) in [6.45, 7) is 0.294. The summed E-state index contributed by atoms with van der Waals surface area (Å²) in [6.07, 6.45) is 4.89. The molecule has 1 N–H and O–H groups in total. The maximum absolute atomic E-state index is 13.0. The molecular weight excluding hydrogens is 396 g/mol. The molecule has 0 radical (unpaired) electrons. The minimum Gasteiger partial charge on any atom is -0.347 e. The molecule has 2 unspecified atom stereocenters. The van der Waals surface area contributed by atoms with E-state index in [1.54, 1.807) is 32.0 Å². The van der Waals surface area contributed by atoms with Gasteiger partial charge < -0.3 is 14.4 Å². The third-order valence-electron chi connectivity index (χ3n) is 5.36. The van der Waals surface area contributed by atoms with Gasteiger partial charge in [0.2, 0.25) is 0 Å². The number of nitrogens with zero attached hydrogens (tertiary/aromatic N) is 6. The van der Waals surface area contributed by atoms with Crippen LogP contribution in [0.4, 0.5) is 4.79 Å². The van der Waals surface area contributed by atoms with Crippen LogP contribution in [-0.2, 0) is 29.0 Å². The first-order valence-electron chi connectivity index (χ1n) is 9.17. The number of carbonyl (C=O) groups is 2. The maximum Gasteiger partial charge on any atom is 0.346 e. The molecule has 2 aromatic heterocycles. The Morgan fingerprint density at radius 2 is 2.21 bits per heavy atom. The van der Waals surface area contributed by atoms with Gasteiger partial charge in [0.25, 0.3) is 5.91 Å². The second-order valence-corrected chi connectivity index (χ2v) is 7.59. The molecule has 0 aliphatic carbocycles. The van der Waals surface area contributed by atoms with Crippen LogP contribution in [0.1, 0.15) is 34.6 Å². The van der Waals surface area contributed by atoms with Gasteiger partial charge in [-0.1, -0.05) is 6.07 Å². The fourth-order valence-corrected chi connectivity index (χ4v) is 4.32. The molecule has 154 valence electrons. The van der Waals surface area contributed by atoms with E-state index >= 15 is 0 Å².